The number of halogens is 2. The second kappa shape index (κ2) is 8.96. The Morgan fingerprint density at radius 1 is 1.08 bits per heavy atom. The topological polar surface area (TPSA) is 50.7 Å². The van der Waals surface area contributed by atoms with Crippen molar-refractivity contribution in [1.29, 1.82) is 0 Å². The molecule has 0 bridgehead atoms. The zero-order valence-corrected chi connectivity index (χ0v) is 17.0. The summed E-state index contributed by atoms with van der Waals surface area (Å²) in [5.74, 6) is 0.306. The van der Waals surface area contributed by atoms with Gasteiger partial charge in [0.25, 0.3) is 5.91 Å². The highest BCUT2D eigenvalue weighted by molar-refractivity contribution is 9.11. The van der Waals surface area contributed by atoms with Crippen LogP contribution in [-0.2, 0) is 11.2 Å². The fourth-order valence-electron chi connectivity index (χ4n) is 2.41. The van der Waals surface area contributed by atoms with Gasteiger partial charge in [-0.3, -0.25) is 4.79 Å². The summed E-state index contributed by atoms with van der Waals surface area (Å²) in [5.41, 5.74) is 3.60. The average Bonchev–Trinajstić information content (AvgIpc) is 2.65. The molecule has 0 aliphatic carbocycles. The minimum atomic E-state index is -0.308. The number of nitrogens with one attached hydrogen (secondary N) is 1. The van der Waals surface area contributed by atoms with Crippen molar-refractivity contribution in [1.82, 2.24) is 5.43 Å². The first-order valence-electron chi connectivity index (χ1n) is 7.98. The summed E-state index contributed by atoms with van der Waals surface area (Å²) in [6.07, 6.45) is 2.32. The van der Waals surface area contributed by atoms with Crippen molar-refractivity contribution in [3.8, 4) is 5.75 Å². The first-order chi connectivity index (χ1) is 12.6. The molecule has 0 saturated heterocycles. The Morgan fingerprint density at radius 3 is 2.69 bits per heavy atom. The van der Waals surface area contributed by atoms with E-state index >= 15 is 0 Å². The second-order valence-corrected chi connectivity index (χ2v) is 7.28. The number of hydrazone groups is 1. The van der Waals surface area contributed by atoms with Crippen LogP contribution in [-0.4, -0.2) is 18.7 Å². The third-order valence-electron chi connectivity index (χ3n) is 3.69. The quantitative estimate of drug-likeness (QED) is 0.398. The van der Waals surface area contributed by atoms with E-state index in [1.807, 2.05) is 60.7 Å². The molecule has 6 heteroatoms. The second-order valence-electron chi connectivity index (χ2n) is 5.57. The van der Waals surface area contributed by atoms with E-state index in [0.29, 0.717) is 12.2 Å². The molecule has 0 unspecified atom stereocenters. The molecule has 1 amide bonds. The van der Waals surface area contributed by atoms with Gasteiger partial charge in [0.2, 0.25) is 0 Å². The van der Waals surface area contributed by atoms with Crippen LogP contribution in [0.5, 0.6) is 5.75 Å². The Balaban J connectivity index is 1.53. The maximum absolute atomic E-state index is 11.9. The van der Waals surface area contributed by atoms with Crippen LogP contribution in [0.1, 0.15) is 5.56 Å². The molecule has 0 atom stereocenters. The lowest BCUT2D eigenvalue weighted by Gasteiger charge is -2.10. The standard InChI is InChI=1S/C20H16Br2N2O2/c21-16-7-8-17-15(12-16)6-9-18(20(17)22)26-13-19(25)24-23-11-10-14-4-2-1-3-5-14/h1-9,11-12H,10,13H2,(H,24,25)/b23-11+. The zero-order valence-electron chi connectivity index (χ0n) is 13.8. The van der Waals surface area contributed by atoms with Gasteiger partial charge in [-0.1, -0.05) is 58.4 Å². The SMILES string of the molecule is O=C(COc1ccc2cc(Br)ccc2c1Br)N/N=C/Cc1ccccc1. The monoisotopic (exact) mass is 474 g/mol. The number of fused-ring (bicyclic) bond motifs is 1. The number of ether oxygens (including phenoxy) is 1. The molecule has 0 saturated carbocycles. The van der Waals surface area contributed by atoms with Crippen LogP contribution >= 0.6 is 31.9 Å². The number of carbonyl (C=O) groups excluding carboxylic acids is 1. The van der Waals surface area contributed by atoms with Gasteiger partial charge in [0.15, 0.2) is 6.61 Å². The molecule has 132 valence electrons. The maximum Gasteiger partial charge on any atom is 0.277 e. The summed E-state index contributed by atoms with van der Waals surface area (Å²) in [4.78, 5) is 11.9. The van der Waals surface area contributed by atoms with E-state index in [4.69, 9.17) is 4.74 Å². The Labute approximate surface area is 168 Å². The predicted octanol–water partition coefficient (Wildman–Crippen LogP) is 5.09. The van der Waals surface area contributed by atoms with E-state index in [0.717, 1.165) is 25.3 Å². The van der Waals surface area contributed by atoms with Crippen LogP contribution in [0.2, 0.25) is 0 Å². The summed E-state index contributed by atoms with van der Waals surface area (Å²) in [6, 6.07) is 19.7. The average molecular weight is 476 g/mol. The van der Waals surface area contributed by atoms with Gasteiger partial charge >= 0.3 is 0 Å². The lowest BCUT2D eigenvalue weighted by molar-refractivity contribution is -0.123. The smallest absolute Gasteiger partial charge is 0.277 e. The molecule has 0 heterocycles. The molecule has 3 rings (SSSR count). The fourth-order valence-corrected chi connectivity index (χ4v) is 3.40. The molecule has 0 fully saturated rings. The molecule has 0 aromatic heterocycles. The molecular weight excluding hydrogens is 460 g/mol. The van der Waals surface area contributed by atoms with E-state index in [2.05, 4.69) is 42.4 Å². The van der Waals surface area contributed by atoms with Crippen molar-refractivity contribution < 1.29 is 9.53 Å². The Morgan fingerprint density at radius 2 is 1.88 bits per heavy atom. The summed E-state index contributed by atoms with van der Waals surface area (Å²) in [6.45, 7) is -0.108. The van der Waals surface area contributed by atoms with Gasteiger partial charge in [-0.15, -0.1) is 0 Å². The summed E-state index contributed by atoms with van der Waals surface area (Å²) in [7, 11) is 0. The normalized spacial score (nSPS) is 11.0. The Kier molecular flexibility index (Phi) is 6.41. The number of benzene rings is 3. The molecule has 0 spiro atoms. The molecule has 0 aliphatic heterocycles. The van der Waals surface area contributed by atoms with Crippen molar-refractivity contribution in [3.05, 3.63) is 75.2 Å². The number of nitrogens with zero attached hydrogens (tertiary/aromatic N) is 1. The number of amides is 1. The Hall–Kier alpha value is -2.18. The van der Waals surface area contributed by atoms with Crippen molar-refractivity contribution >= 4 is 54.8 Å². The van der Waals surface area contributed by atoms with Gasteiger partial charge in [-0.2, -0.15) is 5.10 Å². The molecule has 3 aromatic carbocycles. The van der Waals surface area contributed by atoms with E-state index in [1.165, 1.54) is 0 Å². The first-order valence-corrected chi connectivity index (χ1v) is 9.57. The van der Waals surface area contributed by atoms with Crippen molar-refractivity contribution in [2.75, 3.05) is 6.61 Å². The molecule has 26 heavy (non-hydrogen) atoms. The molecule has 4 nitrogen and oxygen atoms in total. The Bertz CT molecular complexity index is 943. The minimum Gasteiger partial charge on any atom is -0.483 e. The number of rotatable bonds is 6. The van der Waals surface area contributed by atoms with Crippen molar-refractivity contribution in [2.24, 2.45) is 5.10 Å². The van der Waals surface area contributed by atoms with Crippen molar-refractivity contribution in [3.63, 3.8) is 0 Å². The van der Waals surface area contributed by atoms with E-state index in [9.17, 15) is 4.79 Å². The summed E-state index contributed by atoms with van der Waals surface area (Å²) >= 11 is 7.00. The van der Waals surface area contributed by atoms with Crippen LogP contribution in [0.3, 0.4) is 0 Å². The number of carbonyl (C=O) groups is 1. The van der Waals surface area contributed by atoms with E-state index < -0.39 is 0 Å². The first kappa shape index (κ1) is 18.6. The van der Waals surface area contributed by atoms with Crippen LogP contribution in [0.15, 0.2) is 74.7 Å². The van der Waals surface area contributed by atoms with Gasteiger partial charge < -0.3 is 4.74 Å². The van der Waals surface area contributed by atoms with Gasteiger partial charge in [0.05, 0.1) is 4.47 Å². The maximum atomic E-state index is 11.9. The highest BCUT2D eigenvalue weighted by Gasteiger charge is 2.08. The van der Waals surface area contributed by atoms with Crippen LogP contribution in [0, 0.1) is 0 Å². The van der Waals surface area contributed by atoms with Gasteiger partial charge in [0, 0.05) is 17.1 Å². The highest BCUT2D eigenvalue weighted by atomic mass is 79.9. The minimum absolute atomic E-state index is 0.108. The van der Waals surface area contributed by atoms with Crippen molar-refractivity contribution in [2.45, 2.75) is 6.42 Å². The third-order valence-corrected chi connectivity index (χ3v) is 5.00. The largest absolute Gasteiger partial charge is 0.483 e. The zero-order chi connectivity index (χ0) is 18.4. The van der Waals surface area contributed by atoms with Gasteiger partial charge in [-0.25, -0.2) is 5.43 Å². The molecule has 3 aromatic rings. The van der Waals surface area contributed by atoms with E-state index in [1.54, 1.807) is 6.21 Å². The van der Waals surface area contributed by atoms with Crippen LogP contribution in [0.25, 0.3) is 10.8 Å². The lowest BCUT2D eigenvalue weighted by Crippen LogP contribution is -2.24. The number of hydrogen-bond donors (Lipinski definition) is 1. The summed E-state index contributed by atoms with van der Waals surface area (Å²) in [5, 5.41) is 6.04. The predicted molar refractivity (Wildman–Crippen MR) is 112 cm³/mol. The fraction of sp³-hybridized carbons (Fsp3) is 0.100. The van der Waals surface area contributed by atoms with Crippen LogP contribution in [0.4, 0.5) is 0 Å². The molecule has 0 aliphatic rings. The van der Waals surface area contributed by atoms with Gasteiger partial charge in [0.1, 0.15) is 5.75 Å². The third kappa shape index (κ3) is 4.93. The molecule has 0 radical (unpaired) electrons. The molecular formula is C20H16Br2N2O2. The lowest BCUT2D eigenvalue weighted by atomic mass is 10.1. The number of hydrogen-bond acceptors (Lipinski definition) is 3. The molecule has 1 N–H and O–H groups in total. The summed E-state index contributed by atoms with van der Waals surface area (Å²) < 4.78 is 7.44. The van der Waals surface area contributed by atoms with E-state index in [-0.39, 0.29) is 12.5 Å². The van der Waals surface area contributed by atoms with Crippen LogP contribution < -0.4 is 10.2 Å². The highest BCUT2D eigenvalue weighted by Crippen LogP contribution is 2.34. The van der Waals surface area contributed by atoms with Gasteiger partial charge in [-0.05, 0) is 50.5 Å².